The lowest BCUT2D eigenvalue weighted by Gasteiger charge is -2.39. The summed E-state index contributed by atoms with van der Waals surface area (Å²) in [7, 11) is 1.63. The average Bonchev–Trinajstić information content (AvgIpc) is 2.50. The molecule has 0 heterocycles. The van der Waals surface area contributed by atoms with Crippen LogP contribution in [-0.2, 0) is 0 Å². The first-order chi connectivity index (χ1) is 9.99. The minimum absolute atomic E-state index is 0.0118. The lowest BCUT2D eigenvalue weighted by Crippen LogP contribution is -2.52. The van der Waals surface area contributed by atoms with E-state index in [1.165, 1.54) is 12.8 Å². The number of nitrogens with one attached hydrogen (secondary N) is 1. The second kappa shape index (κ2) is 6.82. The molecule has 0 bridgehead atoms. The number of benzene rings is 1. The topological polar surface area (TPSA) is 38.3 Å². The number of ether oxygens (including phenoxy) is 1. The molecule has 1 aromatic rings. The number of carbonyl (C=O) groups is 1. The SMILES string of the molecule is COc1cc(C(=O)NC2(CBr)CCC(C)CC2)ccc1C. The molecule has 0 aromatic heterocycles. The molecule has 0 radical (unpaired) electrons. The van der Waals surface area contributed by atoms with Gasteiger partial charge in [-0.25, -0.2) is 0 Å². The predicted octanol–water partition coefficient (Wildman–Crippen LogP) is 4.08. The summed E-state index contributed by atoms with van der Waals surface area (Å²) in [5.74, 6) is 1.50. The zero-order chi connectivity index (χ0) is 15.5. The number of alkyl halides is 1. The van der Waals surface area contributed by atoms with Crippen molar-refractivity contribution in [3.63, 3.8) is 0 Å². The van der Waals surface area contributed by atoms with Crippen LogP contribution in [0.4, 0.5) is 0 Å². The molecule has 1 aliphatic rings. The molecule has 3 nitrogen and oxygen atoms in total. The number of aryl methyl sites for hydroxylation is 1. The molecule has 1 aliphatic carbocycles. The summed E-state index contributed by atoms with van der Waals surface area (Å²) in [6.07, 6.45) is 4.41. The van der Waals surface area contributed by atoms with E-state index in [9.17, 15) is 4.79 Å². The monoisotopic (exact) mass is 353 g/mol. The van der Waals surface area contributed by atoms with Crippen LogP contribution in [0.1, 0.15) is 48.5 Å². The van der Waals surface area contributed by atoms with Crippen LogP contribution in [-0.4, -0.2) is 23.9 Å². The molecule has 0 atom stereocenters. The van der Waals surface area contributed by atoms with Gasteiger partial charge in [-0.3, -0.25) is 4.79 Å². The van der Waals surface area contributed by atoms with Crippen LogP contribution in [0.15, 0.2) is 18.2 Å². The van der Waals surface area contributed by atoms with E-state index in [4.69, 9.17) is 4.74 Å². The highest BCUT2D eigenvalue weighted by atomic mass is 79.9. The molecule has 116 valence electrons. The zero-order valence-corrected chi connectivity index (χ0v) is 14.6. The largest absolute Gasteiger partial charge is 0.496 e. The van der Waals surface area contributed by atoms with Crippen LogP contribution in [0.3, 0.4) is 0 Å². The van der Waals surface area contributed by atoms with Gasteiger partial charge in [-0.05, 0) is 56.2 Å². The third-order valence-corrected chi connectivity index (χ3v) is 5.61. The lowest BCUT2D eigenvalue weighted by atomic mass is 9.78. The van der Waals surface area contributed by atoms with Crippen molar-refractivity contribution in [3.8, 4) is 5.75 Å². The summed E-state index contributed by atoms with van der Waals surface area (Å²) in [4.78, 5) is 12.6. The molecule has 1 amide bonds. The molecule has 21 heavy (non-hydrogen) atoms. The van der Waals surface area contributed by atoms with Crippen molar-refractivity contribution in [1.82, 2.24) is 5.32 Å². The second-order valence-corrected chi connectivity index (χ2v) is 6.80. The van der Waals surface area contributed by atoms with Crippen LogP contribution >= 0.6 is 15.9 Å². The standard InChI is InChI=1S/C17H24BrNO2/c1-12-6-8-17(11-18,9-7-12)19-16(20)14-5-4-13(2)15(10-14)21-3/h4-5,10,12H,6-9,11H2,1-3H3,(H,19,20). The van der Waals surface area contributed by atoms with Crippen molar-refractivity contribution in [2.24, 2.45) is 5.92 Å². The average molecular weight is 354 g/mol. The van der Waals surface area contributed by atoms with Crippen molar-refractivity contribution in [1.29, 1.82) is 0 Å². The molecule has 1 N–H and O–H groups in total. The van der Waals surface area contributed by atoms with Gasteiger partial charge < -0.3 is 10.1 Å². The van der Waals surface area contributed by atoms with E-state index in [1.54, 1.807) is 7.11 Å². The zero-order valence-electron chi connectivity index (χ0n) is 13.0. The first-order valence-corrected chi connectivity index (χ1v) is 8.65. The Morgan fingerprint density at radius 2 is 2.10 bits per heavy atom. The van der Waals surface area contributed by atoms with Crippen LogP contribution in [0.2, 0.25) is 0 Å². The Kier molecular flexibility index (Phi) is 5.31. The molecule has 4 heteroatoms. The smallest absolute Gasteiger partial charge is 0.251 e. The Balaban J connectivity index is 2.13. The first-order valence-electron chi connectivity index (χ1n) is 7.53. The minimum Gasteiger partial charge on any atom is -0.496 e. The van der Waals surface area contributed by atoms with E-state index in [1.807, 2.05) is 25.1 Å². The molecule has 2 rings (SSSR count). The van der Waals surface area contributed by atoms with E-state index >= 15 is 0 Å². The fourth-order valence-corrected chi connectivity index (χ4v) is 3.58. The molecule has 0 spiro atoms. The molecule has 0 saturated heterocycles. The maximum atomic E-state index is 12.6. The molecular weight excluding hydrogens is 330 g/mol. The highest BCUT2D eigenvalue weighted by Crippen LogP contribution is 2.33. The number of carbonyl (C=O) groups excluding carboxylic acids is 1. The van der Waals surface area contributed by atoms with E-state index < -0.39 is 0 Å². The number of halogens is 1. The lowest BCUT2D eigenvalue weighted by molar-refractivity contribution is 0.0874. The molecule has 0 unspecified atom stereocenters. The molecule has 1 saturated carbocycles. The Morgan fingerprint density at radius 3 is 2.67 bits per heavy atom. The maximum Gasteiger partial charge on any atom is 0.251 e. The van der Waals surface area contributed by atoms with Gasteiger partial charge >= 0.3 is 0 Å². The van der Waals surface area contributed by atoms with Gasteiger partial charge in [0.15, 0.2) is 0 Å². The summed E-state index contributed by atoms with van der Waals surface area (Å²) in [6.45, 7) is 4.26. The van der Waals surface area contributed by atoms with E-state index in [2.05, 4.69) is 28.2 Å². The highest BCUT2D eigenvalue weighted by molar-refractivity contribution is 9.09. The van der Waals surface area contributed by atoms with Crippen LogP contribution in [0.25, 0.3) is 0 Å². The predicted molar refractivity (Wildman–Crippen MR) is 89.4 cm³/mol. The first kappa shape index (κ1) is 16.3. The van der Waals surface area contributed by atoms with E-state index in [0.29, 0.717) is 5.56 Å². The Labute approximate surface area is 135 Å². The molecule has 1 fully saturated rings. The maximum absolute atomic E-state index is 12.6. The van der Waals surface area contributed by atoms with Crippen molar-refractivity contribution in [2.45, 2.75) is 45.1 Å². The van der Waals surface area contributed by atoms with Crippen molar-refractivity contribution in [3.05, 3.63) is 29.3 Å². The number of amides is 1. The quantitative estimate of drug-likeness (QED) is 0.828. The van der Waals surface area contributed by atoms with Gasteiger partial charge in [0.2, 0.25) is 0 Å². The van der Waals surface area contributed by atoms with Gasteiger partial charge in [0, 0.05) is 10.9 Å². The van der Waals surface area contributed by atoms with Crippen LogP contribution in [0, 0.1) is 12.8 Å². The summed E-state index contributed by atoms with van der Waals surface area (Å²) in [6, 6.07) is 5.61. The fourth-order valence-electron chi connectivity index (χ4n) is 2.88. The summed E-state index contributed by atoms with van der Waals surface area (Å²) < 4.78 is 5.30. The van der Waals surface area contributed by atoms with E-state index in [-0.39, 0.29) is 11.4 Å². The van der Waals surface area contributed by atoms with Crippen molar-refractivity contribution < 1.29 is 9.53 Å². The molecular formula is C17H24BrNO2. The third kappa shape index (κ3) is 3.79. The number of rotatable bonds is 4. The minimum atomic E-state index is -0.109. The molecule has 0 aliphatic heterocycles. The van der Waals surface area contributed by atoms with Gasteiger partial charge in [0.05, 0.1) is 12.6 Å². The Hall–Kier alpha value is -1.03. The normalized spacial score (nSPS) is 25.4. The van der Waals surface area contributed by atoms with Crippen molar-refractivity contribution in [2.75, 3.05) is 12.4 Å². The summed E-state index contributed by atoms with van der Waals surface area (Å²) in [5, 5.41) is 4.06. The van der Waals surface area contributed by atoms with Gasteiger partial charge in [-0.15, -0.1) is 0 Å². The second-order valence-electron chi connectivity index (χ2n) is 6.24. The van der Waals surface area contributed by atoms with Gasteiger partial charge in [0.25, 0.3) is 5.91 Å². The van der Waals surface area contributed by atoms with Gasteiger partial charge in [-0.2, -0.15) is 0 Å². The number of methoxy groups -OCH3 is 1. The number of hydrogen-bond donors (Lipinski definition) is 1. The fraction of sp³-hybridized carbons (Fsp3) is 0.588. The Bertz CT molecular complexity index is 508. The van der Waals surface area contributed by atoms with Crippen molar-refractivity contribution >= 4 is 21.8 Å². The number of hydrogen-bond acceptors (Lipinski definition) is 2. The third-order valence-electron chi connectivity index (χ3n) is 4.54. The highest BCUT2D eigenvalue weighted by Gasteiger charge is 2.34. The Morgan fingerprint density at radius 1 is 1.43 bits per heavy atom. The van der Waals surface area contributed by atoms with Gasteiger partial charge in [-0.1, -0.05) is 28.9 Å². The van der Waals surface area contributed by atoms with Gasteiger partial charge in [0.1, 0.15) is 5.75 Å². The van der Waals surface area contributed by atoms with E-state index in [0.717, 1.165) is 35.4 Å². The summed E-state index contributed by atoms with van der Waals surface area (Å²) >= 11 is 3.59. The summed E-state index contributed by atoms with van der Waals surface area (Å²) in [5.41, 5.74) is 1.59. The van der Waals surface area contributed by atoms with Crippen LogP contribution < -0.4 is 10.1 Å². The van der Waals surface area contributed by atoms with Crippen LogP contribution in [0.5, 0.6) is 5.75 Å². The molecule has 1 aromatic carbocycles.